The molecule has 2 aromatic heterocycles. The van der Waals surface area contributed by atoms with E-state index in [1.807, 2.05) is 12.1 Å². The Labute approximate surface area is 392 Å². The summed E-state index contributed by atoms with van der Waals surface area (Å²) in [6, 6.07) is 86.5. The van der Waals surface area contributed by atoms with Crippen molar-refractivity contribution >= 4 is 71.7 Å². The Morgan fingerprint density at radius 3 is 1.59 bits per heavy atom. The maximum atomic E-state index is 6.67. The minimum Gasteiger partial charge on any atom is -0.456 e. The summed E-state index contributed by atoms with van der Waals surface area (Å²) < 4.78 is 12.9. The van der Waals surface area contributed by atoms with Gasteiger partial charge in [0.2, 0.25) is 0 Å². The highest BCUT2D eigenvalue weighted by Gasteiger charge is 2.51. The van der Waals surface area contributed by atoms with Gasteiger partial charge in [-0.15, -0.1) is 0 Å². The van der Waals surface area contributed by atoms with Crippen LogP contribution in [0.3, 0.4) is 0 Å². The molecule has 0 radical (unpaired) electrons. The summed E-state index contributed by atoms with van der Waals surface area (Å²) in [5, 5.41) is 6.82. The zero-order valence-electron chi connectivity index (χ0n) is 36.8. The molecule has 0 bridgehead atoms. The van der Waals surface area contributed by atoms with Crippen LogP contribution in [0, 0.1) is 0 Å². The van der Waals surface area contributed by atoms with Crippen molar-refractivity contribution in [2.24, 2.45) is 0 Å². The van der Waals surface area contributed by atoms with Gasteiger partial charge in [0.15, 0.2) is 0 Å². The minimum atomic E-state index is -0.482. The molecule has 15 rings (SSSR count). The van der Waals surface area contributed by atoms with E-state index in [4.69, 9.17) is 8.83 Å². The molecule has 2 aliphatic carbocycles. The number of fused-ring (bicyclic) bond motifs is 17. The van der Waals surface area contributed by atoms with E-state index in [0.29, 0.717) is 0 Å². The second-order valence-electron chi connectivity index (χ2n) is 18.3. The monoisotopic (exact) mass is 865 g/mol. The Hall–Kier alpha value is -8.92. The van der Waals surface area contributed by atoms with Gasteiger partial charge in [-0.1, -0.05) is 170 Å². The first kappa shape index (κ1) is 37.3. The molecule has 0 saturated heterocycles. The number of anilines is 3. The van der Waals surface area contributed by atoms with Crippen molar-refractivity contribution in [1.82, 2.24) is 0 Å². The fourth-order valence-corrected chi connectivity index (χ4v) is 12.0. The van der Waals surface area contributed by atoms with Gasteiger partial charge in [-0.25, -0.2) is 0 Å². The number of para-hydroxylation sites is 2. The Morgan fingerprint density at radius 1 is 0.294 bits per heavy atom. The molecule has 0 N–H and O–H groups in total. The van der Waals surface area contributed by atoms with Crippen LogP contribution in [0.5, 0.6) is 0 Å². The standard InChI is InChI=1S/C65H39NO2/c1-2-15-42-38-63-54(37-41(42)14-1)64-52(21-13-27-62(64)68-63)50-19-6-11-25-59(50)66(44-31-28-40(29-32-44)43-30-35-61-53(36-43)51-20-7-12-26-60(51)67-61)45-33-34-49-48-18-5-10-24-57(48)65(58(49)39-45)55-22-8-3-16-46(55)47-17-4-9-23-56(47)65/h1-39H. The Morgan fingerprint density at radius 2 is 0.838 bits per heavy atom. The summed E-state index contributed by atoms with van der Waals surface area (Å²) in [4.78, 5) is 2.46. The number of hydrogen-bond acceptors (Lipinski definition) is 3. The summed E-state index contributed by atoms with van der Waals surface area (Å²) in [5.41, 5.74) is 21.2. The fraction of sp³-hybridized carbons (Fsp3) is 0.0154. The molecular formula is C65H39NO2. The molecule has 2 heterocycles. The van der Waals surface area contributed by atoms with Crippen LogP contribution in [-0.2, 0) is 5.41 Å². The quantitative estimate of drug-likeness (QED) is 0.173. The van der Waals surface area contributed by atoms with Crippen molar-refractivity contribution in [1.29, 1.82) is 0 Å². The number of benzene rings is 11. The van der Waals surface area contributed by atoms with Crippen molar-refractivity contribution in [2.75, 3.05) is 4.90 Å². The molecule has 316 valence electrons. The van der Waals surface area contributed by atoms with E-state index in [1.54, 1.807) is 0 Å². The lowest BCUT2D eigenvalue weighted by atomic mass is 9.70. The highest BCUT2D eigenvalue weighted by molar-refractivity contribution is 6.17. The van der Waals surface area contributed by atoms with E-state index in [9.17, 15) is 0 Å². The van der Waals surface area contributed by atoms with Crippen molar-refractivity contribution in [2.45, 2.75) is 5.41 Å². The van der Waals surface area contributed by atoms with Crippen LogP contribution in [-0.4, -0.2) is 0 Å². The summed E-state index contributed by atoms with van der Waals surface area (Å²) >= 11 is 0. The van der Waals surface area contributed by atoms with Gasteiger partial charge < -0.3 is 13.7 Å². The molecule has 0 amide bonds. The second kappa shape index (κ2) is 14.0. The van der Waals surface area contributed by atoms with Crippen LogP contribution in [0.2, 0.25) is 0 Å². The lowest BCUT2D eigenvalue weighted by molar-refractivity contribution is 0.669. The maximum Gasteiger partial charge on any atom is 0.136 e. The summed E-state index contributed by atoms with van der Waals surface area (Å²) in [5.74, 6) is 0. The van der Waals surface area contributed by atoms with E-state index in [1.165, 1.54) is 49.9 Å². The topological polar surface area (TPSA) is 29.5 Å². The zero-order chi connectivity index (χ0) is 44.5. The van der Waals surface area contributed by atoms with Gasteiger partial charge in [-0.05, 0) is 139 Å². The van der Waals surface area contributed by atoms with Gasteiger partial charge in [0.1, 0.15) is 22.3 Å². The molecule has 0 unspecified atom stereocenters. The van der Waals surface area contributed by atoms with Crippen LogP contribution < -0.4 is 4.90 Å². The van der Waals surface area contributed by atoms with Gasteiger partial charge >= 0.3 is 0 Å². The van der Waals surface area contributed by atoms with Gasteiger partial charge in [-0.2, -0.15) is 0 Å². The van der Waals surface area contributed by atoms with E-state index >= 15 is 0 Å². The molecule has 2 aliphatic rings. The zero-order valence-corrected chi connectivity index (χ0v) is 36.8. The summed E-state index contributed by atoms with van der Waals surface area (Å²) in [6.07, 6.45) is 0. The number of furan rings is 2. The van der Waals surface area contributed by atoms with Crippen molar-refractivity contribution in [3.05, 3.63) is 259 Å². The molecule has 0 fully saturated rings. The predicted octanol–water partition coefficient (Wildman–Crippen LogP) is 17.8. The van der Waals surface area contributed by atoms with Crippen molar-refractivity contribution in [3.8, 4) is 44.5 Å². The normalized spacial score (nSPS) is 13.1. The Bertz CT molecular complexity index is 4160. The van der Waals surface area contributed by atoms with Crippen LogP contribution in [0.25, 0.3) is 99.2 Å². The average molecular weight is 866 g/mol. The molecule has 0 atom stereocenters. The van der Waals surface area contributed by atoms with Gasteiger partial charge in [-0.3, -0.25) is 0 Å². The molecule has 1 spiro atoms. The fourth-order valence-electron chi connectivity index (χ4n) is 12.0. The predicted molar refractivity (Wildman–Crippen MR) is 280 cm³/mol. The molecular weight excluding hydrogens is 827 g/mol. The number of rotatable bonds is 5. The first-order valence-electron chi connectivity index (χ1n) is 23.4. The van der Waals surface area contributed by atoms with Crippen LogP contribution in [0.15, 0.2) is 245 Å². The van der Waals surface area contributed by atoms with Gasteiger partial charge in [0.05, 0.1) is 11.1 Å². The van der Waals surface area contributed by atoms with Gasteiger partial charge in [0.25, 0.3) is 0 Å². The van der Waals surface area contributed by atoms with Crippen LogP contribution in [0.4, 0.5) is 17.1 Å². The minimum absolute atomic E-state index is 0.482. The molecule has 0 saturated carbocycles. The molecule has 0 aliphatic heterocycles. The first-order valence-corrected chi connectivity index (χ1v) is 23.4. The summed E-state index contributed by atoms with van der Waals surface area (Å²) in [6.45, 7) is 0. The first-order chi connectivity index (χ1) is 33.7. The molecule has 3 nitrogen and oxygen atoms in total. The van der Waals surface area contributed by atoms with Crippen molar-refractivity contribution < 1.29 is 8.83 Å². The largest absolute Gasteiger partial charge is 0.456 e. The highest BCUT2D eigenvalue weighted by Crippen LogP contribution is 2.63. The highest BCUT2D eigenvalue weighted by atomic mass is 16.3. The third-order valence-electron chi connectivity index (χ3n) is 14.9. The lowest BCUT2D eigenvalue weighted by Crippen LogP contribution is -2.26. The van der Waals surface area contributed by atoms with E-state index in [-0.39, 0.29) is 0 Å². The third-order valence-corrected chi connectivity index (χ3v) is 14.9. The van der Waals surface area contributed by atoms with Crippen LogP contribution in [0.1, 0.15) is 22.3 Å². The Balaban J connectivity index is 0.966. The van der Waals surface area contributed by atoms with E-state index in [0.717, 1.165) is 88.6 Å². The second-order valence-corrected chi connectivity index (χ2v) is 18.3. The lowest BCUT2D eigenvalue weighted by Gasteiger charge is -2.32. The number of nitrogens with zero attached hydrogens (tertiary/aromatic N) is 1. The average Bonchev–Trinajstić information content (AvgIpc) is 4.13. The van der Waals surface area contributed by atoms with Crippen LogP contribution >= 0.6 is 0 Å². The molecule has 68 heavy (non-hydrogen) atoms. The summed E-state index contributed by atoms with van der Waals surface area (Å²) in [7, 11) is 0. The van der Waals surface area contributed by atoms with E-state index in [2.05, 4.69) is 229 Å². The molecule has 13 aromatic rings. The Kier molecular flexibility index (Phi) is 7.71. The smallest absolute Gasteiger partial charge is 0.136 e. The molecule has 3 heteroatoms. The number of hydrogen-bond donors (Lipinski definition) is 0. The van der Waals surface area contributed by atoms with E-state index < -0.39 is 5.41 Å². The van der Waals surface area contributed by atoms with Gasteiger partial charge in [0, 0.05) is 38.5 Å². The maximum absolute atomic E-state index is 6.67. The molecule has 11 aromatic carbocycles. The van der Waals surface area contributed by atoms with Crippen molar-refractivity contribution in [3.63, 3.8) is 0 Å². The SMILES string of the molecule is c1ccc(N(c2ccc(-c3ccc4oc5ccccc5c4c3)cc2)c2ccc3c(c2)C2(c4ccccc4-c4ccccc42)c2ccccc2-3)c(-c2cccc3oc4cc5ccccc5cc4c23)c1. The third kappa shape index (κ3) is 5.13.